The summed E-state index contributed by atoms with van der Waals surface area (Å²) in [6, 6.07) is 0.564. The Kier molecular flexibility index (Phi) is 4.56. The van der Waals surface area contributed by atoms with Crippen molar-refractivity contribution in [3.63, 3.8) is 0 Å². The van der Waals surface area contributed by atoms with Gasteiger partial charge in [0.1, 0.15) is 5.82 Å². The third-order valence-electron chi connectivity index (χ3n) is 4.21. The van der Waals surface area contributed by atoms with Gasteiger partial charge in [-0.15, -0.1) is 10.2 Å². The Morgan fingerprint density at radius 2 is 2.16 bits per heavy atom. The van der Waals surface area contributed by atoms with Gasteiger partial charge in [0.15, 0.2) is 5.16 Å². The van der Waals surface area contributed by atoms with E-state index in [1.807, 2.05) is 25.7 Å². The van der Waals surface area contributed by atoms with Crippen LogP contribution in [0, 0.1) is 12.3 Å². The van der Waals surface area contributed by atoms with E-state index in [-0.39, 0.29) is 0 Å². The standard InChI is InChI=1S/C14H26N4S/c1-6-9-15-12-11(7-8-14(12,3)4)19-13-17-16-10(2)18(13)5/h11-12,15H,6-9H2,1-5H3. The lowest BCUT2D eigenvalue weighted by Gasteiger charge is -2.31. The molecule has 1 saturated carbocycles. The monoisotopic (exact) mass is 282 g/mol. The van der Waals surface area contributed by atoms with Crippen molar-refractivity contribution in [1.29, 1.82) is 0 Å². The van der Waals surface area contributed by atoms with E-state index in [1.165, 1.54) is 19.3 Å². The van der Waals surface area contributed by atoms with Gasteiger partial charge < -0.3 is 9.88 Å². The molecule has 1 aliphatic carbocycles. The molecule has 1 aromatic rings. The number of nitrogens with one attached hydrogen (secondary N) is 1. The summed E-state index contributed by atoms with van der Waals surface area (Å²) >= 11 is 1.89. The van der Waals surface area contributed by atoms with E-state index in [2.05, 4.69) is 40.9 Å². The fourth-order valence-corrected chi connectivity index (χ4v) is 4.29. The van der Waals surface area contributed by atoms with E-state index in [0.717, 1.165) is 17.5 Å². The number of hydrogen-bond acceptors (Lipinski definition) is 4. The molecule has 0 aromatic carbocycles. The highest BCUT2D eigenvalue weighted by Crippen LogP contribution is 2.44. The van der Waals surface area contributed by atoms with Crippen LogP contribution in [0.3, 0.4) is 0 Å². The molecule has 2 rings (SSSR count). The van der Waals surface area contributed by atoms with Gasteiger partial charge in [0.05, 0.1) is 0 Å². The van der Waals surface area contributed by atoms with Crippen molar-refractivity contribution in [1.82, 2.24) is 20.1 Å². The molecule has 0 bridgehead atoms. The maximum Gasteiger partial charge on any atom is 0.191 e. The van der Waals surface area contributed by atoms with Crippen molar-refractivity contribution in [2.45, 2.75) is 63.4 Å². The molecule has 5 heteroatoms. The van der Waals surface area contributed by atoms with E-state index in [4.69, 9.17) is 0 Å². The number of aromatic nitrogens is 3. The van der Waals surface area contributed by atoms with Crippen molar-refractivity contribution in [3.05, 3.63) is 5.82 Å². The first kappa shape index (κ1) is 14.9. The van der Waals surface area contributed by atoms with Gasteiger partial charge in [-0.25, -0.2) is 0 Å². The van der Waals surface area contributed by atoms with Crippen molar-refractivity contribution >= 4 is 11.8 Å². The van der Waals surface area contributed by atoms with Gasteiger partial charge in [-0.3, -0.25) is 0 Å². The van der Waals surface area contributed by atoms with Gasteiger partial charge >= 0.3 is 0 Å². The lowest BCUT2D eigenvalue weighted by molar-refractivity contribution is 0.287. The van der Waals surface area contributed by atoms with Crippen molar-refractivity contribution in [3.8, 4) is 0 Å². The molecule has 0 spiro atoms. The van der Waals surface area contributed by atoms with Crippen LogP contribution in [0.5, 0.6) is 0 Å². The Morgan fingerprint density at radius 3 is 2.74 bits per heavy atom. The summed E-state index contributed by atoms with van der Waals surface area (Å²) in [5, 5.41) is 13.8. The summed E-state index contributed by atoms with van der Waals surface area (Å²) in [6.45, 7) is 10.1. The Bertz CT molecular complexity index is 427. The highest BCUT2D eigenvalue weighted by Gasteiger charge is 2.42. The average molecular weight is 282 g/mol. The number of rotatable bonds is 5. The zero-order valence-corrected chi connectivity index (χ0v) is 13.5. The zero-order chi connectivity index (χ0) is 14.0. The molecule has 1 heterocycles. The lowest BCUT2D eigenvalue weighted by Crippen LogP contribution is -2.43. The maximum absolute atomic E-state index is 4.29. The van der Waals surface area contributed by atoms with E-state index in [0.29, 0.717) is 16.7 Å². The Hall–Kier alpha value is -0.550. The minimum Gasteiger partial charge on any atom is -0.312 e. The van der Waals surface area contributed by atoms with E-state index in [9.17, 15) is 0 Å². The number of aryl methyl sites for hydroxylation is 1. The summed E-state index contributed by atoms with van der Waals surface area (Å²) in [6.07, 6.45) is 3.72. The van der Waals surface area contributed by atoms with Gasteiger partial charge in [-0.05, 0) is 38.1 Å². The summed E-state index contributed by atoms with van der Waals surface area (Å²) in [5.74, 6) is 0.984. The summed E-state index contributed by atoms with van der Waals surface area (Å²) < 4.78 is 2.09. The lowest BCUT2D eigenvalue weighted by atomic mass is 9.87. The van der Waals surface area contributed by atoms with E-state index < -0.39 is 0 Å². The van der Waals surface area contributed by atoms with Gasteiger partial charge in [0, 0.05) is 18.3 Å². The van der Waals surface area contributed by atoms with Crippen LogP contribution >= 0.6 is 11.8 Å². The van der Waals surface area contributed by atoms with Gasteiger partial charge in [-0.2, -0.15) is 0 Å². The summed E-state index contributed by atoms with van der Waals surface area (Å²) in [7, 11) is 2.05. The topological polar surface area (TPSA) is 42.7 Å². The molecule has 1 aliphatic rings. The molecular formula is C14H26N4S. The minimum absolute atomic E-state index is 0.375. The Labute approximate surface area is 120 Å². The maximum atomic E-state index is 4.29. The van der Waals surface area contributed by atoms with Crippen molar-refractivity contribution < 1.29 is 0 Å². The Balaban J connectivity index is 2.08. The predicted octanol–water partition coefficient (Wildman–Crippen LogP) is 2.77. The van der Waals surface area contributed by atoms with Crippen molar-refractivity contribution in [2.24, 2.45) is 12.5 Å². The molecule has 0 amide bonds. The normalized spacial score (nSPS) is 25.9. The van der Waals surface area contributed by atoms with Gasteiger partial charge in [-0.1, -0.05) is 32.5 Å². The molecule has 2 atom stereocenters. The van der Waals surface area contributed by atoms with Crippen LogP contribution in [0.2, 0.25) is 0 Å². The van der Waals surface area contributed by atoms with Crippen LogP contribution in [-0.2, 0) is 7.05 Å². The zero-order valence-electron chi connectivity index (χ0n) is 12.7. The second kappa shape index (κ2) is 5.83. The minimum atomic E-state index is 0.375. The highest BCUT2D eigenvalue weighted by atomic mass is 32.2. The highest BCUT2D eigenvalue weighted by molar-refractivity contribution is 7.99. The SMILES string of the molecule is CCCNC1C(Sc2nnc(C)n2C)CCC1(C)C. The number of thioether (sulfide) groups is 1. The number of nitrogens with zero attached hydrogens (tertiary/aromatic N) is 3. The first-order valence-electron chi connectivity index (χ1n) is 7.21. The summed E-state index contributed by atoms with van der Waals surface area (Å²) in [4.78, 5) is 0. The molecule has 0 aliphatic heterocycles. The molecule has 0 radical (unpaired) electrons. The molecule has 1 N–H and O–H groups in total. The molecular weight excluding hydrogens is 256 g/mol. The van der Waals surface area contributed by atoms with Crippen LogP contribution in [0.25, 0.3) is 0 Å². The molecule has 1 aromatic heterocycles. The fraction of sp³-hybridized carbons (Fsp3) is 0.857. The number of hydrogen-bond donors (Lipinski definition) is 1. The first-order valence-corrected chi connectivity index (χ1v) is 8.09. The summed E-state index contributed by atoms with van der Waals surface area (Å²) in [5.41, 5.74) is 0.375. The second-order valence-corrected chi connectivity index (χ2v) is 7.41. The predicted molar refractivity (Wildman–Crippen MR) is 80.5 cm³/mol. The Morgan fingerprint density at radius 1 is 1.42 bits per heavy atom. The van der Waals surface area contributed by atoms with Crippen LogP contribution in [0.1, 0.15) is 45.9 Å². The first-order chi connectivity index (χ1) is 8.95. The largest absolute Gasteiger partial charge is 0.312 e. The van der Waals surface area contributed by atoms with Gasteiger partial charge in [0.25, 0.3) is 0 Å². The molecule has 0 saturated heterocycles. The quantitative estimate of drug-likeness (QED) is 0.902. The smallest absolute Gasteiger partial charge is 0.191 e. The second-order valence-electron chi connectivity index (χ2n) is 6.20. The van der Waals surface area contributed by atoms with Crippen LogP contribution in [0.4, 0.5) is 0 Å². The van der Waals surface area contributed by atoms with E-state index in [1.54, 1.807) is 0 Å². The third kappa shape index (κ3) is 3.14. The van der Waals surface area contributed by atoms with E-state index >= 15 is 0 Å². The molecule has 19 heavy (non-hydrogen) atoms. The van der Waals surface area contributed by atoms with Crippen LogP contribution in [0.15, 0.2) is 5.16 Å². The molecule has 1 fully saturated rings. The molecule has 4 nitrogen and oxygen atoms in total. The van der Waals surface area contributed by atoms with Crippen LogP contribution in [-0.4, -0.2) is 32.6 Å². The van der Waals surface area contributed by atoms with Crippen LogP contribution < -0.4 is 5.32 Å². The van der Waals surface area contributed by atoms with Gasteiger partial charge in [0.2, 0.25) is 0 Å². The van der Waals surface area contributed by atoms with Crippen molar-refractivity contribution in [2.75, 3.05) is 6.54 Å². The fourth-order valence-electron chi connectivity index (χ4n) is 2.80. The molecule has 2 unspecified atom stereocenters. The third-order valence-corrected chi connectivity index (χ3v) is 5.59. The molecule has 108 valence electrons. The average Bonchev–Trinajstić information content (AvgIpc) is 2.82.